The molecule has 2 amide bonds. The van der Waals surface area contributed by atoms with E-state index in [9.17, 15) is 9.59 Å². The van der Waals surface area contributed by atoms with Crippen LogP contribution in [0.25, 0.3) is 0 Å². The highest BCUT2D eigenvalue weighted by molar-refractivity contribution is 5.94. The maximum absolute atomic E-state index is 14.7. The first-order valence-electron chi connectivity index (χ1n) is 19.7. The number of fused-ring (bicyclic) bond motifs is 3. The van der Waals surface area contributed by atoms with Gasteiger partial charge in [-0.3, -0.25) is 9.69 Å². The number of anilines is 1. The van der Waals surface area contributed by atoms with Gasteiger partial charge in [-0.25, -0.2) is 9.78 Å². The summed E-state index contributed by atoms with van der Waals surface area (Å²) < 4.78 is 11.5. The van der Waals surface area contributed by atoms with Crippen LogP contribution in [-0.4, -0.2) is 78.8 Å². The molecule has 3 heterocycles. The molecule has 6 aliphatic rings. The van der Waals surface area contributed by atoms with E-state index in [1.165, 1.54) is 16.7 Å². The van der Waals surface area contributed by atoms with Crippen molar-refractivity contribution >= 4 is 17.8 Å². The van der Waals surface area contributed by atoms with Gasteiger partial charge in [-0.2, -0.15) is 0 Å². The molecule has 6 fully saturated rings. The highest BCUT2D eigenvalue weighted by Gasteiger charge is 2.51. The minimum Gasteiger partial charge on any atom is -0.496 e. The van der Waals surface area contributed by atoms with Crippen LogP contribution in [0.15, 0.2) is 36.5 Å². The van der Waals surface area contributed by atoms with Crippen molar-refractivity contribution in [1.82, 2.24) is 14.8 Å². The summed E-state index contributed by atoms with van der Waals surface area (Å²) in [5.74, 6) is 2.99. The number of amides is 2. The molecule has 0 spiro atoms. The Balaban J connectivity index is 1.07. The Morgan fingerprint density at radius 2 is 1.62 bits per heavy atom. The van der Waals surface area contributed by atoms with E-state index >= 15 is 0 Å². The molecular formula is C42H60N4O4. The van der Waals surface area contributed by atoms with Crippen molar-refractivity contribution in [2.24, 2.45) is 17.3 Å². The average Bonchev–Trinajstić information content (AvgIpc) is 3.13. The number of hydrogen-bond acceptors (Lipinski definition) is 6. The molecule has 0 unspecified atom stereocenters. The number of carbonyl (C=O) groups is 2. The van der Waals surface area contributed by atoms with Crippen LogP contribution in [-0.2, 0) is 14.9 Å². The summed E-state index contributed by atoms with van der Waals surface area (Å²) in [7, 11) is 1.75. The second kappa shape index (κ2) is 14.5. The molecule has 272 valence electrons. The van der Waals surface area contributed by atoms with Crippen molar-refractivity contribution in [1.29, 1.82) is 0 Å². The Labute approximate surface area is 300 Å². The number of likely N-dealkylation sites (tertiary alicyclic amines) is 2. The zero-order chi connectivity index (χ0) is 35.0. The minimum atomic E-state index is -0.186. The molecule has 2 aromatic rings. The van der Waals surface area contributed by atoms with E-state index in [0.717, 1.165) is 121 Å². The number of aromatic nitrogens is 1. The molecule has 0 N–H and O–H groups in total. The summed E-state index contributed by atoms with van der Waals surface area (Å²) in [6.07, 6.45) is 13.8. The van der Waals surface area contributed by atoms with Crippen LogP contribution < -0.4 is 9.64 Å². The topological polar surface area (TPSA) is 75.2 Å². The molecule has 8 nitrogen and oxygen atoms in total. The highest BCUT2D eigenvalue weighted by atomic mass is 16.6. The van der Waals surface area contributed by atoms with Gasteiger partial charge < -0.3 is 19.3 Å². The van der Waals surface area contributed by atoms with Crippen molar-refractivity contribution in [3.63, 3.8) is 0 Å². The molecule has 8 rings (SSSR count). The largest absolute Gasteiger partial charge is 0.496 e. The normalized spacial score (nSPS) is 29.1. The van der Waals surface area contributed by atoms with E-state index in [-0.39, 0.29) is 34.9 Å². The van der Waals surface area contributed by atoms with Crippen LogP contribution in [0, 0.1) is 24.2 Å². The van der Waals surface area contributed by atoms with Crippen molar-refractivity contribution in [2.45, 2.75) is 128 Å². The molecule has 2 aliphatic heterocycles. The van der Waals surface area contributed by atoms with E-state index in [4.69, 9.17) is 14.5 Å². The second-order valence-electron chi connectivity index (χ2n) is 17.1. The number of aryl methyl sites for hydroxylation is 1. The van der Waals surface area contributed by atoms with Gasteiger partial charge in [-0.15, -0.1) is 0 Å². The highest BCUT2D eigenvalue weighted by Crippen LogP contribution is 2.58. The maximum atomic E-state index is 14.7. The van der Waals surface area contributed by atoms with E-state index < -0.39 is 0 Å². The zero-order valence-electron chi connectivity index (χ0n) is 31.3. The molecule has 1 aromatic heterocycles. The first-order valence-corrected chi connectivity index (χ1v) is 19.7. The van der Waals surface area contributed by atoms with Gasteiger partial charge in [-0.1, -0.05) is 19.1 Å². The standard InChI is InChI=1S/C42H60N4O4/c1-29(2)44-22-13-32(14-23-44)34-12-21-43-38(25-34)46(39(47)33-6-9-36(10-7-33)50-40(48)45-26-30(3)27-45)28-41-15-18-42(19-16-41,20-17-41)35-8-11-37(49-5)31(4)24-35/h8,11-12,21,24-25,29-30,32-33,36H,6-7,9-10,13-20,22-23,26-28H2,1-5H3. The minimum absolute atomic E-state index is 0.0707. The van der Waals surface area contributed by atoms with Crippen LogP contribution in [0.4, 0.5) is 10.6 Å². The Morgan fingerprint density at radius 1 is 0.940 bits per heavy atom. The third kappa shape index (κ3) is 7.15. The lowest BCUT2D eigenvalue weighted by Gasteiger charge is -2.55. The molecule has 2 bridgehead atoms. The first-order chi connectivity index (χ1) is 24.1. The van der Waals surface area contributed by atoms with Crippen molar-refractivity contribution in [2.75, 3.05) is 44.7 Å². The first kappa shape index (κ1) is 35.3. The Hall–Kier alpha value is -3.13. The van der Waals surface area contributed by atoms with Gasteiger partial charge in [-0.05, 0) is 168 Å². The lowest BCUT2D eigenvalue weighted by atomic mass is 9.51. The van der Waals surface area contributed by atoms with Gasteiger partial charge in [0.05, 0.1) is 7.11 Å². The monoisotopic (exact) mass is 684 g/mol. The third-order valence-electron chi connectivity index (χ3n) is 13.6. The van der Waals surface area contributed by atoms with Crippen molar-refractivity contribution < 1.29 is 19.1 Å². The number of nitrogens with zero attached hydrogens (tertiary/aromatic N) is 4. The zero-order valence-corrected chi connectivity index (χ0v) is 31.3. The van der Waals surface area contributed by atoms with E-state index in [0.29, 0.717) is 17.9 Å². The van der Waals surface area contributed by atoms with E-state index in [1.807, 2.05) is 6.20 Å². The smallest absolute Gasteiger partial charge is 0.410 e. The number of carbonyl (C=O) groups excluding carboxylic acids is 2. The molecule has 0 radical (unpaired) electrons. The van der Waals surface area contributed by atoms with Crippen LogP contribution in [0.3, 0.4) is 0 Å². The summed E-state index contributed by atoms with van der Waals surface area (Å²) in [6, 6.07) is 11.8. The van der Waals surface area contributed by atoms with Crippen molar-refractivity contribution in [3.05, 3.63) is 53.2 Å². The van der Waals surface area contributed by atoms with Gasteiger partial charge in [0.15, 0.2) is 0 Å². The molecule has 4 aliphatic carbocycles. The molecule has 4 saturated carbocycles. The summed E-state index contributed by atoms with van der Waals surface area (Å²) in [5.41, 5.74) is 4.32. The van der Waals surface area contributed by atoms with Crippen LogP contribution in [0.5, 0.6) is 5.75 Å². The molecule has 50 heavy (non-hydrogen) atoms. The Kier molecular flexibility index (Phi) is 10.2. The van der Waals surface area contributed by atoms with Gasteiger partial charge >= 0.3 is 6.09 Å². The lowest BCUT2D eigenvalue weighted by molar-refractivity contribution is -0.124. The maximum Gasteiger partial charge on any atom is 0.410 e. The average molecular weight is 685 g/mol. The molecule has 0 atom stereocenters. The number of rotatable bonds is 9. The van der Waals surface area contributed by atoms with E-state index in [1.54, 1.807) is 12.0 Å². The fourth-order valence-corrected chi connectivity index (χ4v) is 10.0. The number of hydrogen-bond donors (Lipinski definition) is 0. The molecule has 8 heteroatoms. The predicted octanol–water partition coefficient (Wildman–Crippen LogP) is 8.26. The van der Waals surface area contributed by atoms with E-state index in [2.05, 4.69) is 67.8 Å². The van der Waals surface area contributed by atoms with Crippen LogP contribution in [0.2, 0.25) is 0 Å². The summed E-state index contributed by atoms with van der Waals surface area (Å²) >= 11 is 0. The van der Waals surface area contributed by atoms with Gasteiger partial charge in [0.25, 0.3) is 0 Å². The number of methoxy groups -OCH3 is 1. The SMILES string of the molecule is COc1ccc(C23CCC(CN(C(=O)C4CCC(OC(=O)N5CC(C)C5)CC4)c4cc(C5CCN(C(C)C)CC5)ccn4)(CC2)CC3)cc1C. The Morgan fingerprint density at radius 3 is 2.22 bits per heavy atom. The summed E-state index contributed by atoms with van der Waals surface area (Å²) in [4.78, 5) is 38.8. The quantitative estimate of drug-likeness (QED) is 0.265. The lowest BCUT2D eigenvalue weighted by Crippen LogP contribution is -2.52. The fourth-order valence-electron chi connectivity index (χ4n) is 10.0. The van der Waals surface area contributed by atoms with Crippen LogP contribution >= 0.6 is 0 Å². The van der Waals surface area contributed by atoms with Crippen molar-refractivity contribution in [3.8, 4) is 5.75 Å². The number of piperidine rings is 1. The molecular weight excluding hydrogens is 624 g/mol. The predicted molar refractivity (Wildman–Crippen MR) is 198 cm³/mol. The Bertz CT molecular complexity index is 1490. The molecule has 2 saturated heterocycles. The van der Waals surface area contributed by atoms with Gasteiger partial charge in [0, 0.05) is 37.8 Å². The summed E-state index contributed by atoms with van der Waals surface area (Å²) in [6.45, 7) is 13.4. The number of pyridine rings is 1. The second-order valence-corrected chi connectivity index (χ2v) is 17.1. The molecule has 1 aromatic carbocycles. The fraction of sp³-hybridized carbons (Fsp3) is 0.690. The van der Waals surface area contributed by atoms with Gasteiger partial charge in [0.2, 0.25) is 5.91 Å². The van der Waals surface area contributed by atoms with Crippen LogP contribution in [0.1, 0.15) is 120 Å². The number of benzene rings is 1. The summed E-state index contributed by atoms with van der Waals surface area (Å²) in [5, 5.41) is 0. The third-order valence-corrected chi connectivity index (χ3v) is 13.6. The van der Waals surface area contributed by atoms with Gasteiger partial charge in [0.1, 0.15) is 17.7 Å². The number of ether oxygens (including phenoxy) is 2.